The first-order valence-electron chi connectivity index (χ1n) is 7.65. The second-order valence-corrected chi connectivity index (χ2v) is 6.78. The summed E-state index contributed by atoms with van der Waals surface area (Å²) in [5.41, 5.74) is 0. The molecule has 1 fully saturated rings. The third-order valence-electron chi connectivity index (χ3n) is 3.95. The monoisotopic (exact) mass is 312 g/mol. The van der Waals surface area contributed by atoms with Gasteiger partial charge in [0, 0.05) is 13.1 Å². The highest BCUT2D eigenvalue weighted by Crippen LogP contribution is 2.26. The van der Waals surface area contributed by atoms with Crippen LogP contribution in [0.4, 0.5) is 0 Å². The van der Waals surface area contributed by atoms with Gasteiger partial charge in [-0.05, 0) is 25.7 Å². The highest BCUT2D eigenvalue weighted by atomic mass is 32.1. The van der Waals surface area contributed by atoms with E-state index in [1.54, 1.807) is 11.8 Å². The predicted octanol–water partition coefficient (Wildman–Crippen LogP) is 2.21. The van der Waals surface area contributed by atoms with Gasteiger partial charge in [-0.1, -0.05) is 19.3 Å². The molecule has 0 spiro atoms. The lowest BCUT2D eigenvalue weighted by Crippen LogP contribution is -2.37. The van der Waals surface area contributed by atoms with Crippen molar-refractivity contribution in [3.05, 3.63) is 16.1 Å². The number of rotatable bonds is 6. The lowest BCUT2D eigenvalue weighted by Gasteiger charge is -2.29. The molecule has 6 heteroatoms. The standard InChI is InChI=1S/C15H24N2O3S/c1-11(19)14-16-9-13(21-14)15(20)17(7-8-18)10-12-5-3-2-4-6-12/h9,11-12,18-19H,2-8,10H2,1H3. The lowest BCUT2D eigenvalue weighted by molar-refractivity contribution is 0.0680. The number of thiazole rings is 1. The van der Waals surface area contributed by atoms with Crippen LogP contribution >= 0.6 is 11.3 Å². The molecule has 0 bridgehead atoms. The van der Waals surface area contributed by atoms with Gasteiger partial charge in [0.2, 0.25) is 0 Å². The van der Waals surface area contributed by atoms with Crippen LogP contribution in [0.3, 0.4) is 0 Å². The van der Waals surface area contributed by atoms with E-state index in [0.29, 0.717) is 28.9 Å². The zero-order valence-corrected chi connectivity index (χ0v) is 13.3. The van der Waals surface area contributed by atoms with Crippen LogP contribution in [0, 0.1) is 5.92 Å². The average Bonchev–Trinajstić information content (AvgIpc) is 2.97. The first kappa shape index (κ1) is 16.4. The van der Waals surface area contributed by atoms with Gasteiger partial charge in [-0.2, -0.15) is 0 Å². The Bertz CT molecular complexity index is 456. The van der Waals surface area contributed by atoms with Crippen molar-refractivity contribution >= 4 is 17.2 Å². The van der Waals surface area contributed by atoms with Gasteiger partial charge in [-0.3, -0.25) is 4.79 Å². The summed E-state index contributed by atoms with van der Waals surface area (Å²) in [6, 6.07) is 0. The van der Waals surface area contributed by atoms with Crippen molar-refractivity contribution in [2.75, 3.05) is 19.7 Å². The molecule has 1 atom stereocenters. The molecule has 0 saturated heterocycles. The maximum atomic E-state index is 12.5. The zero-order chi connectivity index (χ0) is 15.2. The molecular formula is C15H24N2O3S. The van der Waals surface area contributed by atoms with Crippen LogP contribution < -0.4 is 0 Å². The summed E-state index contributed by atoms with van der Waals surface area (Å²) in [7, 11) is 0. The number of carbonyl (C=O) groups is 1. The van der Waals surface area contributed by atoms with Crippen molar-refractivity contribution in [3.8, 4) is 0 Å². The van der Waals surface area contributed by atoms with Crippen molar-refractivity contribution in [2.45, 2.75) is 45.1 Å². The molecule has 0 aliphatic heterocycles. The number of hydrogen-bond donors (Lipinski definition) is 2. The van der Waals surface area contributed by atoms with E-state index in [1.165, 1.54) is 36.8 Å². The predicted molar refractivity (Wildman–Crippen MR) is 82.3 cm³/mol. The molecule has 2 N–H and O–H groups in total. The number of hydrogen-bond acceptors (Lipinski definition) is 5. The van der Waals surface area contributed by atoms with E-state index >= 15 is 0 Å². The van der Waals surface area contributed by atoms with E-state index in [2.05, 4.69) is 4.98 Å². The second-order valence-electron chi connectivity index (χ2n) is 5.72. The number of aromatic nitrogens is 1. The van der Waals surface area contributed by atoms with Crippen molar-refractivity contribution in [3.63, 3.8) is 0 Å². The first-order valence-corrected chi connectivity index (χ1v) is 8.47. The number of nitrogens with zero attached hydrogens (tertiary/aromatic N) is 2. The van der Waals surface area contributed by atoms with Gasteiger partial charge in [-0.15, -0.1) is 11.3 Å². The van der Waals surface area contributed by atoms with E-state index in [4.69, 9.17) is 0 Å². The average molecular weight is 312 g/mol. The number of carbonyl (C=O) groups excluding carboxylic acids is 1. The summed E-state index contributed by atoms with van der Waals surface area (Å²) in [6.45, 7) is 2.68. The van der Waals surface area contributed by atoms with Crippen LogP contribution in [-0.2, 0) is 0 Å². The summed E-state index contributed by atoms with van der Waals surface area (Å²) in [4.78, 5) is 18.9. The fourth-order valence-corrected chi connectivity index (χ4v) is 3.64. The summed E-state index contributed by atoms with van der Waals surface area (Å²) < 4.78 is 0. The van der Waals surface area contributed by atoms with E-state index in [0.717, 1.165) is 12.8 Å². The summed E-state index contributed by atoms with van der Waals surface area (Å²) >= 11 is 1.23. The van der Waals surface area contributed by atoms with Gasteiger partial charge in [0.15, 0.2) is 0 Å². The first-order chi connectivity index (χ1) is 10.1. The Morgan fingerprint density at radius 2 is 2.19 bits per heavy atom. The number of aliphatic hydroxyl groups is 2. The molecule has 1 aromatic rings. The quantitative estimate of drug-likeness (QED) is 0.844. The van der Waals surface area contributed by atoms with Crippen molar-refractivity contribution in [2.24, 2.45) is 5.92 Å². The SMILES string of the molecule is CC(O)c1ncc(C(=O)N(CCO)CC2CCCCC2)s1. The Balaban J connectivity index is 2.02. The van der Waals surface area contributed by atoms with Gasteiger partial charge in [-0.25, -0.2) is 4.98 Å². The van der Waals surface area contributed by atoms with E-state index < -0.39 is 6.10 Å². The van der Waals surface area contributed by atoms with Crippen molar-refractivity contribution in [1.82, 2.24) is 9.88 Å². The van der Waals surface area contributed by atoms with E-state index in [-0.39, 0.29) is 12.5 Å². The fraction of sp³-hybridized carbons (Fsp3) is 0.733. The molecule has 1 heterocycles. The molecule has 1 aliphatic rings. The maximum absolute atomic E-state index is 12.5. The van der Waals surface area contributed by atoms with Crippen LogP contribution in [0.5, 0.6) is 0 Å². The molecule has 1 amide bonds. The molecule has 1 aromatic heterocycles. The molecule has 0 radical (unpaired) electrons. The second kappa shape index (κ2) is 7.87. The molecule has 1 saturated carbocycles. The summed E-state index contributed by atoms with van der Waals surface area (Å²) in [5, 5.41) is 19.3. The Labute approximate surface area is 129 Å². The Kier molecular flexibility index (Phi) is 6.14. The van der Waals surface area contributed by atoms with Crippen molar-refractivity contribution < 1.29 is 15.0 Å². The van der Waals surface area contributed by atoms with Gasteiger partial charge in [0.05, 0.1) is 12.8 Å². The van der Waals surface area contributed by atoms with Crippen LogP contribution in [0.15, 0.2) is 6.20 Å². The zero-order valence-electron chi connectivity index (χ0n) is 12.5. The van der Waals surface area contributed by atoms with Crippen LogP contribution in [0.25, 0.3) is 0 Å². The van der Waals surface area contributed by atoms with Gasteiger partial charge >= 0.3 is 0 Å². The molecule has 5 nitrogen and oxygen atoms in total. The van der Waals surface area contributed by atoms with Gasteiger partial charge in [0.1, 0.15) is 16.0 Å². The van der Waals surface area contributed by atoms with E-state index in [9.17, 15) is 15.0 Å². The molecular weight excluding hydrogens is 288 g/mol. The number of amides is 1. The topological polar surface area (TPSA) is 73.7 Å². The molecule has 1 aliphatic carbocycles. The minimum atomic E-state index is -0.652. The Hall–Kier alpha value is -0.980. The van der Waals surface area contributed by atoms with Gasteiger partial charge in [0.25, 0.3) is 5.91 Å². The lowest BCUT2D eigenvalue weighted by atomic mass is 9.89. The van der Waals surface area contributed by atoms with Crippen LogP contribution in [0.1, 0.15) is 59.8 Å². The van der Waals surface area contributed by atoms with E-state index in [1.807, 2.05) is 0 Å². The van der Waals surface area contributed by atoms with Gasteiger partial charge < -0.3 is 15.1 Å². The highest BCUT2D eigenvalue weighted by Gasteiger charge is 2.23. The minimum Gasteiger partial charge on any atom is -0.395 e. The molecule has 2 rings (SSSR count). The van der Waals surface area contributed by atoms with Crippen molar-refractivity contribution in [1.29, 1.82) is 0 Å². The molecule has 21 heavy (non-hydrogen) atoms. The summed E-state index contributed by atoms with van der Waals surface area (Å²) in [5.74, 6) is 0.456. The smallest absolute Gasteiger partial charge is 0.265 e. The Morgan fingerprint density at radius 3 is 2.76 bits per heavy atom. The molecule has 0 aromatic carbocycles. The van der Waals surface area contributed by atoms with Crippen LogP contribution in [0.2, 0.25) is 0 Å². The van der Waals surface area contributed by atoms with Crippen LogP contribution in [-0.4, -0.2) is 45.7 Å². The fourth-order valence-electron chi connectivity index (χ4n) is 2.81. The summed E-state index contributed by atoms with van der Waals surface area (Å²) in [6.07, 6.45) is 6.96. The Morgan fingerprint density at radius 1 is 1.48 bits per heavy atom. The molecule has 118 valence electrons. The highest BCUT2D eigenvalue weighted by molar-refractivity contribution is 7.13. The molecule has 1 unspecified atom stereocenters. The third-order valence-corrected chi connectivity index (χ3v) is 5.11. The largest absolute Gasteiger partial charge is 0.395 e. The normalized spacial score (nSPS) is 17.7. The minimum absolute atomic E-state index is 0.0273. The third kappa shape index (κ3) is 4.49. The number of aliphatic hydroxyl groups excluding tert-OH is 2. The maximum Gasteiger partial charge on any atom is 0.265 e.